The molecule has 1 aliphatic rings. The van der Waals surface area contributed by atoms with Crippen molar-refractivity contribution in [1.82, 2.24) is 10.6 Å². The molecule has 0 heterocycles. The van der Waals surface area contributed by atoms with Crippen molar-refractivity contribution < 1.29 is 37.8 Å². The maximum absolute atomic E-state index is 14.0. The summed E-state index contributed by atoms with van der Waals surface area (Å²) < 4.78 is 32.9. The summed E-state index contributed by atoms with van der Waals surface area (Å²) in [6.45, 7) is 3.75. The Morgan fingerprint density at radius 3 is 2.35 bits per heavy atom. The van der Waals surface area contributed by atoms with Crippen LogP contribution in [0, 0.1) is 17.8 Å². The Morgan fingerprint density at radius 1 is 0.938 bits per heavy atom. The van der Waals surface area contributed by atoms with Gasteiger partial charge < -0.3 is 20.5 Å². The van der Waals surface area contributed by atoms with Gasteiger partial charge in [-0.25, -0.2) is 13.6 Å². The summed E-state index contributed by atoms with van der Waals surface area (Å²) in [4.78, 5) is 53.2. The molecule has 3 aromatic rings. The molecule has 1 saturated carbocycles. The largest absolute Gasteiger partial charge is 0.445 e. The van der Waals surface area contributed by atoms with Gasteiger partial charge in [0.05, 0.1) is 12.1 Å². The van der Waals surface area contributed by atoms with Crippen LogP contribution in [0.1, 0.15) is 69.9 Å². The molecule has 3 N–H and O–H groups in total. The number of alkyl carbamates (subject to hydrolysis) is 1. The molecule has 0 spiro atoms. The molecule has 8 nitrogen and oxygen atoms in total. The Hall–Kier alpha value is -4.18. The summed E-state index contributed by atoms with van der Waals surface area (Å²) in [5.74, 6) is -2.62. The average molecular weight is 665 g/mol. The van der Waals surface area contributed by atoms with Crippen LogP contribution in [0.5, 0.6) is 0 Å². The van der Waals surface area contributed by atoms with Crippen LogP contribution in [0.3, 0.4) is 0 Å². The minimum absolute atomic E-state index is 0.00240. The highest BCUT2D eigenvalue weighted by molar-refractivity contribution is 5.93. The van der Waals surface area contributed by atoms with E-state index in [1.165, 1.54) is 0 Å². The standard InChI is InChI=1S/C38H46F2N2O6/c1-24(2)19-29(37(46)41-32(35(45)36(39)40)21-28-14-7-9-18-33(28)43)22-34(44)31(42-38(47)48-23-25-11-4-3-5-12-25)20-27-16-10-15-26-13-6-8-17-30(26)27/h3-6,8,10-13,15-17,24,28-29,31-32,35-36,45H,7,9,14,18-23H2,1-2H3,(H,41,46)(H,42,47)/t28-,29+,31-,32-,35?/m0/s1. The fraction of sp³-hybridized carbons (Fsp3) is 0.474. The van der Waals surface area contributed by atoms with E-state index in [4.69, 9.17) is 4.74 Å². The van der Waals surface area contributed by atoms with E-state index in [1.807, 2.05) is 86.6 Å². The van der Waals surface area contributed by atoms with Gasteiger partial charge in [0.15, 0.2) is 5.78 Å². The molecule has 2 amide bonds. The highest BCUT2D eigenvalue weighted by Crippen LogP contribution is 2.28. The first-order valence-corrected chi connectivity index (χ1v) is 16.8. The van der Waals surface area contributed by atoms with Crippen molar-refractivity contribution in [3.05, 3.63) is 83.9 Å². The Labute approximate surface area is 280 Å². The number of halogens is 2. The summed E-state index contributed by atoms with van der Waals surface area (Å²) >= 11 is 0. The molecule has 258 valence electrons. The summed E-state index contributed by atoms with van der Waals surface area (Å²) in [5.41, 5.74) is 1.59. The van der Waals surface area contributed by atoms with E-state index in [0.717, 1.165) is 34.7 Å². The second-order valence-electron chi connectivity index (χ2n) is 13.2. The lowest BCUT2D eigenvalue weighted by Crippen LogP contribution is -2.51. The number of carbonyl (C=O) groups excluding carboxylic acids is 4. The van der Waals surface area contributed by atoms with E-state index in [-0.39, 0.29) is 44.0 Å². The van der Waals surface area contributed by atoms with Crippen molar-refractivity contribution in [3.63, 3.8) is 0 Å². The van der Waals surface area contributed by atoms with Crippen LogP contribution in [-0.4, -0.2) is 53.3 Å². The van der Waals surface area contributed by atoms with E-state index in [9.17, 15) is 33.1 Å². The topological polar surface area (TPSA) is 122 Å². The van der Waals surface area contributed by atoms with E-state index < -0.39 is 54.2 Å². The van der Waals surface area contributed by atoms with Gasteiger partial charge in [-0.1, -0.05) is 93.1 Å². The molecule has 0 saturated heterocycles. The monoisotopic (exact) mass is 664 g/mol. The number of ether oxygens (including phenoxy) is 1. The van der Waals surface area contributed by atoms with E-state index in [0.29, 0.717) is 12.8 Å². The molecule has 0 aliphatic heterocycles. The van der Waals surface area contributed by atoms with Crippen molar-refractivity contribution >= 4 is 34.3 Å². The Bertz CT molecular complexity index is 1530. The number of amides is 2. The summed E-state index contributed by atoms with van der Waals surface area (Å²) in [7, 11) is 0. The van der Waals surface area contributed by atoms with Crippen LogP contribution in [-0.2, 0) is 32.1 Å². The van der Waals surface area contributed by atoms with Crippen LogP contribution >= 0.6 is 0 Å². The van der Waals surface area contributed by atoms with Crippen LogP contribution in [0.15, 0.2) is 72.8 Å². The lowest BCUT2D eigenvalue weighted by atomic mass is 9.82. The minimum Gasteiger partial charge on any atom is -0.445 e. The fourth-order valence-electron chi connectivity index (χ4n) is 6.45. The second-order valence-corrected chi connectivity index (χ2v) is 13.2. The molecule has 48 heavy (non-hydrogen) atoms. The van der Waals surface area contributed by atoms with Crippen molar-refractivity contribution in [2.45, 2.75) is 96.4 Å². The fourth-order valence-corrected chi connectivity index (χ4v) is 6.45. The highest BCUT2D eigenvalue weighted by Gasteiger charge is 2.36. The number of benzene rings is 3. The normalized spacial score (nSPS) is 17.5. The number of carbonyl (C=O) groups is 4. The lowest BCUT2D eigenvalue weighted by molar-refractivity contribution is -0.133. The van der Waals surface area contributed by atoms with Crippen LogP contribution in [0.25, 0.3) is 10.8 Å². The second kappa shape index (κ2) is 17.8. The van der Waals surface area contributed by atoms with Crippen LogP contribution < -0.4 is 10.6 Å². The molecule has 0 aromatic heterocycles. The SMILES string of the molecule is CC(C)C[C@H](CC(=O)[C@H](Cc1cccc2ccccc12)NC(=O)OCc1ccccc1)C(=O)N[C@@H](C[C@@H]1CCCCC1=O)C(O)C(F)F. The smallest absolute Gasteiger partial charge is 0.408 e. The van der Waals surface area contributed by atoms with Crippen molar-refractivity contribution in [3.8, 4) is 0 Å². The zero-order chi connectivity index (χ0) is 34.6. The van der Waals surface area contributed by atoms with Gasteiger partial charge in [0.1, 0.15) is 18.5 Å². The van der Waals surface area contributed by atoms with Crippen molar-refractivity contribution in [2.24, 2.45) is 17.8 Å². The predicted octanol–water partition coefficient (Wildman–Crippen LogP) is 6.56. The third kappa shape index (κ3) is 10.7. The predicted molar refractivity (Wildman–Crippen MR) is 179 cm³/mol. The summed E-state index contributed by atoms with van der Waals surface area (Å²) in [6, 6.07) is 20.1. The van der Waals surface area contributed by atoms with E-state index >= 15 is 0 Å². The maximum atomic E-state index is 14.0. The molecule has 0 radical (unpaired) electrons. The Kier molecular flexibility index (Phi) is 13.6. The van der Waals surface area contributed by atoms with Crippen LogP contribution in [0.4, 0.5) is 13.6 Å². The lowest BCUT2D eigenvalue weighted by Gasteiger charge is -2.31. The van der Waals surface area contributed by atoms with Crippen molar-refractivity contribution in [1.29, 1.82) is 0 Å². The minimum atomic E-state index is -3.13. The van der Waals surface area contributed by atoms with Gasteiger partial charge in [-0.15, -0.1) is 0 Å². The summed E-state index contributed by atoms with van der Waals surface area (Å²) in [6.07, 6.45) is -3.72. The number of alkyl halides is 2. The zero-order valence-corrected chi connectivity index (χ0v) is 27.6. The molecule has 5 atom stereocenters. The van der Waals surface area contributed by atoms with Gasteiger partial charge in [-0.3, -0.25) is 14.4 Å². The molecule has 1 aliphatic carbocycles. The maximum Gasteiger partial charge on any atom is 0.408 e. The zero-order valence-electron chi connectivity index (χ0n) is 27.6. The van der Waals surface area contributed by atoms with Gasteiger partial charge in [0.2, 0.25) is 5.91 Å². The van der Waals surface area contributed by atoms with Gasteiger partial charge in [0, 0.05) is 31.1 Å². The molecular weight excluding hydrogens is 618 g/mol. The first kappa shape index (κ1) is 36.7. The van der Waals surface area contributed by atoms with Gasteiger partial charge in [-0.2, -0.15) is 0 Å². The van der Waals surface area contributed by atoms with Crippen molar-refractivity contribution in [2.75, 3.05) is 0 Å². The molecule has 10 heteroatoms. The van der Waals surface area contributed by atoms with E-state index in [1.54, 1.807) is 0 Å². The highest BCUT2D eigenvalue weighted by atomic mass is 19.3. The van der Waals surface area contributed by atoms with Gasteiger partial charge >= 0.3 is 6.09 Å². The molecule has 3 aromatic carbocycles. The number of rotatable bonds is 16. The Morgan fingerprint density at radius 2 is 1.65 bits per heavy atom. The average Bonchev–Trinajstić information content (AvgIpc) is 3.07. The van der Waals surface area contributed by atoms with E-state index in [2.05, 4.69) is 10.6 Å². The first-order chi connectivity index (χ1) is 23.0. The number of Topliss-reactive ketones (excluding diaryl/α,β-unsaturated/α-hetero) is 2. The number of nitrogens with one attached hydrogen (secondary N) is 2. The summed E-state index contributed by atoms with van der Waals surface area (Å²) in [5, 5.41) is 17.5. The number of aliphatic hydroxyl groups excluding tert-OH is 1. The van der Waals surface area contributed by atoms with Gasteiger partial charge in [-0.05, 0) is 53.5 Å². The van der Waals surface area contributed by atoms with Crippen LogP contribution in [0.2, 0.25) is 0 Å². The third-order valence-electron chi connectivity index (χ3n) is 8.99. The molecule has 1 fully saturated rings. The number of ketones is 2. The third-order valence-corrected chi connectivity index (χ3v) is 8.99. The first-order valence-electron chi connectivity index (χ1n) is 16.8. The molecule has 4 rings (SSSR count). The Balaban J connectivity index is 1.54. The molecule has 1 unspecified atom stereocenters. The number of fused-ring (bicyclic) bond motifs is 1. The number of hydrogen-bond donors (Lipinski definition) is 3. The molecule has 0 bridgehead atoms. The molecular formula is C38H46F2N2O6. The van der Waals surface area contributed by atoms with Gasteiger partial charge in [0.25, 0.3) is 6.43 Å². The quantitative estimate of drug-likeness (QED) is 0.160. The number of aliphatic hydroxyl groups is 1. The number of hydrogen-bond acceptors (Lipinski definition) is 6.